The summed E-state index contributed by atoms with van der Waals surface area (Å²) in [7, 11) is 2.06. The van der Waals surface area contributed by atoms with Gasteiger partial charge in [-0.15, -0.1) is 0 Å². The molecule has 0 heterocycles. The van der Waals surface area contributed by atoms with Crippen molar-refractivity contribution < 1.29 is 27.4 Å². The summed E-state index contributed by atoms with van der Waals surface area (Å²) in [6, 6.07) is 0.517. The van der Waals surface area contributed by atoms with Crippen LogP contribution < -0.4 is 4.74 Å². The second-order valence-corrected chi connectivity index (χ2v) is 2.56. The lowest BCUT2D eigenvalue weighted by atomic mass is 10.2. The van der Waals surface area contributed by atoms with Crippen molar-refractivity contribution in [2.24, 2.45) is 0 Å². The van der Waals surface area contributed by atoms with Crippen LogP contribution >= 0.6 is 0 Å². The molecule has 0 spiro atoms. The molecule has 0 unspecified atom stereocenters. The fraction of sp³-hybridized carbons (Fsp3) is 0.222. The van der Waals surface area contributed by atoms with Crippen molar-refractivity contribution in [3.8, 4) is 5.75 Å². The molecule has 15 heavy (non-hydrogen) atoms. The van der Waals surface area contributed by atoms with Crippen LogP contribution in [-0.4, -0.2) is 20.2 Å². The summed E-state index contributed by atoms with van der Waals surface area (Å²) in [6.07, 6.45) is 0. The first-order chi connectivity index (χ1) is 7.02. The van der Waals surface area contributed by atoms with Crippen molar-refractivity contribution in [3.63, 3.8) is 0 Å². The number of carbonyl (C=O) groups is 1. The van der Waals surface area contributed by atoms with Gasteiger partial charge < -0.3 is 9.47 Å². The van der Waals surface area contributed by atoms with Crippen LogP contribution in [0.4, 0.5) is 13.2 Å². The van der Waals surface area contributed by atoms with Crippen molar-refractivity contribution in [3.05, 3.63) is 29.1 Å². The molecule has 0 fully saturated rings. The summed E-state index contributed by atoms with van der Waals surface area (Å²) >= 11 is 0. The molecule has 6 heteroatoms. The van der Waals surface area contributed by atoms with Gasteiger partial charge in [0.15, 0.2) is 17.4 Å². The normalized spacial score (nSPS) is 9.93. The lowest BCUT2D eigenvalue weighted by molar-refractivity contribution is 0.0595. The largest absolute Gasteiger partial charge is 0.493 e. The Hall–Kier alpha value is -1.72. The van der Waals surface area contributed by atoms with Crippen LogP contribution in [-0.2, 0) is 4.74 Å². The molecule has 0 bridgehead atoms. The fourth-order valence-electron chi connectivity index (χ4n) is 1.04. The first-order valence-electron chi connectivity index (χ1n) is 3.82. The molecule has 3 nitrogen and oxygen atoms in total. The molecule has 0 aliphatic heterocycles. The predicted molar refractivity (Wildman–Crippen MR) is 44.2 cm³/mol. The van der Waals surface area contributed by atoms with Crippen molar-refractivity contribution in [1.82, 2.24) is 0 Å². The Balaban J connectivity index is 3.45. The van der Waals surface area contributed by atoms with E-state index in [1.165, 1.54) is 0 Å². The smallest absolute Gasteiger partial charge is 0.341 e. The SMILES string of the molecule is COC(=O)c1cc(F)c(F)c(F)c1OC. The lowest BCUT2D eigenvalue weighted by Crippen LogP contribution is -2.08. The summed E-state index contributed by atoms with van der Waals surface area (Å²) < 4.78 is 47.3. The quantitative estimate of drug-likeness (QED) is 0.564. The van der Waals surface area contributed by atoms with Gasteiger partial charge in [0.1, 0.15) is 5.56 Å². The van der Waals surface area contributed by atoms with E-state index >= 15 is 0 Å². The number of methoxy groups -OCH3 is 2. The maximum Gasteiger partial charge on any atom is 0.341 e. The van der Waals surface area contributed by atoms with E-state index in [0.29, 0.717) is 6.07 Å². The summed E-state index contributed by atoms with van der Waals surface area (Å²) in [5.41, 5.74) is -0.503. The molecule has 0 aliphatic carbocycles. The zero-order valence-electron chi connectivity index (χ0n) is 7.94. The highest BCUT2D eigenvalue weighted by Gasteiger charge is 2.23. The standard InChI is InChI=1S/C9H7F3O3/c1-14-8-4(9(13)15-2)3-5(10)6(11)7(8)12/h3H,1-2H3. The molecule has 0 aromatic heterocycles. The Morgan fingerprint density at radius 2 is 1.80 bits per heavy atom. The average molecular weight is 220 g/mol. The second kappa shape index (κ2) is 4.20. The number of halogens is 3. The van der Waals surface area contributed by atoms with Gasteiger partial charge in [-0.05, 0) is 6.07 Å². The number of hydrogen-bond donors (Lipinski definition) is 0. The highest BCUT2D eigenvalue weighted by molar-refractivity contribution is 5.92. The zero-order chi connectivity index (χ0) is 11.6. The van der Waals surface area contributed by atoms with Crippen LogP contribution in [0.25, 0.3) is 0 Å². The van der Waals surface area contributed by atoms with Crippen molar-refractivity contribution in [2.45, 2.75) is 0 Å². The zero-order valence-corrected chi connectivity index (χ0v) is 7.94. The third-order valence-electron chi connectivity index (χ3n) is 1.73. The van der Waals surface area contributed by atoms with Crippen LogP contribution in [0, 0.1) is 17.5 Å². The molecule has 0 amide bonds. The van der Waals surface area contributed by atoms with Crippen LogP contribution in [0.15, 0.2) is 6.07 Å². The first-order valence-corrected chi connectivity index (χ1v) is 3.82. The molecular weight excluding hydrogens is 213 g/mol. The Kier molecular flexibility index (Phi) is 3.18. The van der Waals surface area contributed by atoms with E-state index in [4.69, 9.17) is 0 Å². The molecule has 0 N–H and O–H groups in total. The summed E-state index contributed by atoms with van der Waals surface area (Å²) in [6.45, 7) is 0. The summed E-state index contributed by atoms with van der Waals surface area (Å²) in [4.78, 5) is 11.1. The molecule has 0 saturated heterocycles. The number of rotatable bonds is 2. The highest BCUT2D eigenvalue weighted by atomic mass is 19.2. The Morgan fingerprint density at radius 1 is 1.20 bits per heavy atom. The van der Waals surface area contributed by atoms with Gasteiger partial charge in [-0.1, -0.05) is 0 Å². The van der Waals surface area contributed by atoms with Crippen LogP contribution in [0.3, 0.4) is 0 Å². The van der Waals surface area contributed by atoms with Crippen molar-refractivity contribution in [1.29, 1.82) is 0 Å². The van der Waals surface area contributed by atoms with Gasteiger partial charge in [0, 0.05) is 0 Å². The van der Waals surface area contributed by atoms with E-state index in [-0.39, 0.29) is 0 Å². The van der Waals surface area contributed by atoms with E-state index in [9.17, 15) is 18.0 Å². The lowest BCUT2D eigenvalue weighted by Gasteiger charge is -2.08. The Labute approximate surface area is 83.4 Å². The van der Waals surface area contributed by atoms with Gasteiger partial charge in [0.25, 0.3) is 0 Å². The van der Waals surface area contributed by atoms with Gasteiger partial charge in [0.05, 0.1) is 14.2 Å². The molecule has 1 rings (SSSR count). The van der Waals surface area contributed by atoms with Crippen molar-refractivity contribution >= 4 is 5.97 Å². The topological polar surface area (TPSA) is 35.5 Å². The monoisotopic (exact) mass is 220 g/mol. The van der Waals surface area contributed by atoms with Crippen LogP contribution in [0.2, 0.25) is 0 Å². The molecule has 82 valence electrons. The number of ether oxygens (including phenoxy) is 2. The van der Waals surface area contributed by atoms with Crippen LogP contribution in [0.1, 0.15) is 10.4 Å². The molecule has 0 aliphatic rings. The number of carbonyl (C=O) groups excluding carboxylic acids is 1. The van der Waals surface area contributed by atoms with E-state index in [1.807, 2.05) is 0 Å². The molecule has 0 saturated carbocycles. The third-order valence-corrected chi connectivity index (χ3v) is 1.73. The highest BCUT2D eigenvalue weighted by Crippen LogP contribution is 2.27. The number of hydrogen-bond acceptors (Lipinski definition) is 3. The molecule has 1 aromatic carbocycles. The molecule has 1 aromatic rings. The summed E-state index contributed by atoms with van der Waals surface area (Å²) in [5.74, 6) is -6.42. The maximum atomic E-state index is 13.1. The predicted octanol–water partition coefficient (Wildman–Crippen LogP) is 1.90. The van der Waals surface area contributed by atoms with Crippen LogP contribution in [0.5, 0.6) is 5.75 Å². The van der Waals surface area contributed by atoms with E-state index < -0.39 is 34.7 Å². The van der Waals surface area contributed by atoms with Crippen molar-refractivity contribution in [2.75, 3.05) is 14.2 Å². The first kappa shape index (κ1) is 11.4. The molecule has 0 radical (unpaired) electrons. The van der Waals surface area contributed by atoms with E-state index in [0.717, 1.165) is 14.2 Å². The second-order valence-electron chi connectivity index (χ2n) is 2.56. The fourth-order valence-corrected chi connectivity index (χ4v) is 1.04. The van der Waals surface area contributed by atoms with E-state index in [1.54, 1.807) is 0 Å². The summed E-state index contributed by atoms with van der Waals surface area (Å²) in [5, 5.41) is 0. The Morgan fingerprint density at radius 3 is 2.27 bits per heavy atom. The maximum absolute atomic E-state index is 13.1. The minimum absolute atomic E-state index is 0.503. The van der Waals surface area contributed by atoms with E-state index in [2.05, 4.69) is 9.47 Å². The minimum Gasteiger partial charge on any atom is -0.493 e. The van der Waals surface area contributed by atoms with Gasteiger partial charge in [-0.3, -0.25) is 0 Å². The van der Waals surface area contributed by atoms with Gasteiger partial charge in [-0.2, -0.15) is 4.39 Å². The van der Waals surface area contributed by atoms with Gasteiger partial charge >= 0.3 is 5.97 Å². The number of esters is 1. The third kappa shape index (κ3) is 1.88. The molecular formula is C9H7F3O3. The van der Waals surface area contributed by atoms with Gasteiger partial charge in [-0.25, -0.2) is 13.6 Å². The minimum atomic E-state index is -1.69. The Bertz CT molecular complexity index is 404. The number of benzene rings is 1. The van der Waals surface area contributed by atoms with Gasteiger partial charge in [0.2, 0.25) is 5.82 Å². The average Bonchev–Trinajstić information content (AvgIpc) is 2.24. The molecule has 0 atom stereocenters.